The smallest absolute Gasteiger partial charge is 0.382 e. The number of likely N-dealkylation sites (tertiary alicyclic amines) is 1. The van der Waals surface area contributed by atoms with Gasteiger partial charge in [0, 0.05) is 52.9 Å². The number of benzene rings is 1. The molecule has 2 rings (SSSR count). The molecule has 0 aliphatic carbocycles. The van der Waals surface area contributed by atoms with E-state index >= 15 is 0 Å². The van der Waals surface area contributed by atoms with E-state index in [0.29, 0.717) is 44.4 Å². The first kappa shape index (κ1) is 24.0. The van der Waals surface area contributed by atoms with Crippen LogP contribution >= 0.6 is 0 Å². The molecule has 0 saturated carbocycles. The van der Waals surface area contributed by atoms with E-state index in [1.54, 1.807) is 20.2 Å². The molecule has 168 valence electrons. The minimum atomic E-state index is -4.35. The molecule has 0 radical (unpaired) electrons. The highest BCUT2D eigenvalue weighted by Gasteiger charge is 2.32. The maximum absolute atomic E-state index is 13.0. The van der Waals surface area contributed by atoms with Gasteiger partial charge >= 0.3 is 6.18 Å². The summed E-state index contributed by atoms with van der Waals surface area (Å²) in [5, 5.41) is 3.27. The third kappa shape index (κ3) is 7.19. The van der Waals surface area contributed by atoms with Crippen LogP contribution in [-0.4, -0.2) is 75.2 Å². The van der Waals surface area contributed by atoms with Gasteiger partial charge in [-0.25, -0.2) is 4.99 Å². The standard InChI is InChI=1S/C21H31F3N4O2/c1-4-30-12-6-10-25-20(26-14-19(29)27(2)3)28-11-9-17(15-28)16-7-5-8-18(13-16)21(22,23)24/h5,7-8,13,17H,4,6,9-12,14-15H2,1-3H3,(H,25,26). The lowest BCUT2D eigenvalue weighted by Gasteiger charge is -2.23. The second-order valence-corrected chi connectivity index (χ2v) is 7.46. The molecule has 0 bridgehead atoms. The van der Waals surface area contributed by atoms with Crippen molar-refractivity contribution in [3.05, 3.63) is 35.4 Å². The molecular formula is C21H31F3N4O2. The van der Waals surface area contributed by atoms with Crippen LogP contribution in [0.25, 0.3) is 0 Å². The number of ether oxygens (including phenoxy) is 1. The Morgan fingerprint density at radius 2 is 2.13 bits per heavy atom. The van der Waals surface area contributed by atoms with Gasteiger partial charge in [-0.1, -0.05) is 18.2 Å². The van der Waals surface area contributed by atoms with E-state index in [0.717, 1.165) is 18.9 Å². The molecular weight excluding hydrogens is 397 g/mol. The molecule has 1 aliphatic rings. The molecule has 1 amide bonds. The highest BCUT2D eigenvalue weighted by molar-refractivity contribution is 5.85. The van der Waals surface area contributed by atoms with Crippen molar-refractivity contribution >= 4 is 11.9 Å². The summed E-state index contributed by atoms with van der Waals surface area (Å²) in [4.78, 5) is 19.9. The molecule has 9 heteroatoms. The number of alkyl halides is 3. The Labute approximate surface area is 176 Å². The summed E-state index contributed by atoms with van der Waals surface area (Å²) in [5.74, 6) is 0.473. The van der Waals surface area contributed by atoms with E-state index in [9.17, 15) is 18.0 Å². The molecule has 1 aliphatic heterocycles. The quantitative estimate of drug-likeness (QED) is 0.393. The molecule has 0 spiro atoms. The van der Waals surface area contributed by atoms with Crippen molar-refractivity contribution in [1.29, 1.82) is 0 Å². The first-order chi connectivity index (χ1) is 14.2. The molecule has 1 heterocycles. The van der Waals surface area contributed by atoms with Gasteiger partial charge in [-0.05, 0) is 31.4 Å². The summed E-state index contributed by atoms with van der Waals surface area (Å²) in [5.41, 5.74) is 0.0466. The second kappa shape index (κ2) is 11.2. The highest BCUT2D eigenvalue weighted by atomic mass is 19.4. The van der Waals surface area contributed by atoms with Crippen molar-refractivity contribution in [2.45, 2.75) is 31.9 Å². The van der Waals surface area contributed by atoms with Crippen LogP contribution in [0, 0.1) is 0 Å². The Bertz CT molecular complexity index is 722. The van der Waals surface area contributed by atoms with E-state index in [2.05, 4.69) is 10.3 Å². The average Bonchev–Trinajstić information content (AvgIpc) is 3.19. The van der Waals surface area contributed by atoms with E-state index in [1.165, 1.54) is 17.0 Å². The monoisotopic (exact) mass is 428 g/mol. The third-order valence-electron chi connectivity index (χ3n) is 4.99. The van der Waals surface area contributed by atoms with Crippen molar-refractivity contribution in [3.63, 3.8) is 0 Å². The number of halogens is 3. The van der Waals surface area contributed by atoms with Gasteiger partial charge in [0.15, 0.2) is 5.96 Å². The Kier molecular flexibility index (Phi) is 8.95. The van der Waals surface area contributed by atoms with Gasteiger partial charge in [-0.15, -0.1) is 0 Å². The summed E-state index contributed by atoms with van der Waals surface area (Å²) in [6.45, 7) is 5.09. The fraction of sp³-hybridized carbons (Fsp3) is 0.619. The summed E-state index contributed by atoms with van der Waals surface area (Å²) in [7, 11) is 3.35. The first-order valence-corrected chi connectivity index (χ1v) is 10.2. The number of hydrogen-bond donors (Lipinski definition) is 1. The van der Waals surface area contributed by atoms with E-state index in [1.807, 2.05) is 11.8 Å². The normalized spacial score (nSPS) is 17.3. The average molecular weight is 428 g/mol. The van der Waals surface area contributed by atoms with Crippen LogP contribution in [0.1, 0.15) is 36.8 Å². The SMILES string of the molecule is CCOCCCNC(=NCC(=O)N(C)C)N1CCC(c2cccc(C(F)(F)F)c2)C1. The molecule has 6 nitrogen and oxygen atoms in total. The Morgan fingerprint density at radius 1 is 1.37 bits per heavy atom. The zero-order chi connectivity index (χ0) is 22.1. The zero-order valence-electron chi connectivity index (χ0n) is 17.8. The fourth-order valence-corrected chi connectivity index (χ4v) is 3.26. The molecule has 1 unspecified atom stereocenters. The number of carbonyl (C=O) groups is 1. The number of aliphatic imine (C=N–C) groups is 1. The molecule has 0 aromatic heterocycles. The van der Waals surface area contributed by atoms with Crippen LogP contribution in [-0.2, 0) is 15.7 Å². The number of rotatable bonds is 8. The van der Waals surface area contributed by atoms with Gasteiger partial charge < -0.3 is 19.9 Å². The number of amides is 1. The highest BCUT2D eigenvalue weighted by Crippen LogP contribution is 2.33. The van der Waals surface area contributed by atoms with Gasteiger partial charge in [0.2, 0.25) is 5.91 Å². The third-order valence-corrected chi connectivity index (χ3v) is 4.99. The lowest BCUT2D eigenvalue weighted by Crippen LogP contribution is -2.41. The predicted molar refractivity (Wildman–Crippen MR) is 110 cm³/mol. The summed E-state index contributed by atoms with van der Waals surface area (Å²) in [6.07, 6.45) is -2.84. The number of nitrogens with one attached hydrogen (secondary N) is 1. The number of carbonyl (C=O) groups excluding carboxylic acids is 1. The fourth-order valence-electron chi connectivity index (χ4n) is 3.26. The lowest BCUT2D eigenvalue weighted by atomic mass is 9.96. The minimum Gasteiger partial charge on any atom is -0.382 e. The Balaban J connectivity index is 2.06. The maximum atomic E-state index is 13.0. The van der Waals surface area contributed by atoms with E-state index < -0.39 is 11.7 Å². The van der Waals surface area contributed by atoms with Crippen LogP contribution < -0.4 is 5.32 Å². The summed E-state index contributed by atoms with van der Waals surface area (Å²) < 4.78 is 44.5. The molecule has 30 heavy (non-hydrogen) atoms. The molecule has 1 saturated heterocycles. The van der Waals surface area contributed by atoms with E-state index in [-0.39, 0.29) is 18.4 Å². The van der Waals surface area contributed by atoms with E-state index in [4.69, 9.17) is 4.74 Å². The largest absolute Gasteiger partial charge is 0.416 e. The number of nitrogens with zero attached hydrogens (tertiary/aromatic N) is 3. The molecule has 1 aromatic rings. The van der Waals surface area contributed by atoms with Crippen LogP contribution in [0.15, 0.2) is 29.3 Å². The van der Waals surface area contributed by atoms with Crippen molar-refractivity contribution in [2.24, 2.45) is 4.99 Å². The van der Waals surface area contributed by atoms with Crippen LogP contribution in [0.5, 0.6) is 0 Å². The summed E-state index contributed by atoms with van der Waals surface area (Å²) >= 11 is 0. The minimum absolute atomic E-state index is 0.0194. The van der Waals surface area contributed by atoms with Crippen LogP contribution in [0.4, 0.5) is 13.2 Å². The maximum Gasteiger partial charge on any atom is 0.416 e. The Morgan fingerprint density at radius 3 is 2.80 bits per heavy atom. The van der Waals surface area contributed by atoms with Crippen LogP contribution in [0.2, 0.25) is 0 Å². The first-order valence-electron chi connectivity index (χ1n) is 10.2. The van der Waals surface area contributed by atoms with Crippen molar-refractivity contribution in [1.82, 2.24) is 15.1 Å². The topological polar surface area (TPSA) is 57.2 Å². The van der Waals surface area contributed by atoms with Gasteiger partial charge in [0.25, 0.3) is 0 Å². The zero-order valence-corrected chi connectivity index (χ0v) is 17.8. The van der Waals surface area contributed by atoms with Gasteiger partial charge in [-0.2, -0.15) is 13.2 Å². The van der Waals surface area contributed by atoms with Crippen molar-refractivity contribution < 1.29 is 22.7 Å². The molecule has 1 aromatic carbocycles. The Hall–Kier alpha value is -2.29. The number of hydrogen-bond acceptors (Lipinski definition) is 3. The number of guanidine groups is 1. The molecule has 1 fully saturated rings. The van der Waals surface area contributed by atoms with Gasteiger partial charge in [0.05, 0.1) is 5.56 Å². The lowest BCUT2D eigenvalue weighted by molar-refractivity contribution is -0.137. The second-order valence-electron chi connectivity index (χ2n) is 7.46. The molecule has 1 atom stereocenters. The van der Waals surface area contributed by atoms with Gasteiger partial charge in [-0.3, -0.25) is 4.79 Å². The van der Waals surface area contributed by atoms with Gasteiger partial charge in [0.1, 0.15) is 6.54 Å². The number of likely N-dealkylation sites (N-methyl/N-ethyl adjacent to an activating group) is 1. The summed E-state index contributed by atoms with van der Waals surface area (Å²) in [6, 6.07) is 5.52. The molecule has 1 N–H and O–H groups in total. The predicted octanol–water partition coefficient (Wildman–Crippen LogP) is 2.96. The van der Waals surface area contributed by atoms with Crippen molar-refractivity contribution in [2.75, 3.05) is 53.5 Å². The van der Waals surface area contributed by atoms with Crippen LogP contribution in [0.3, 0.4) is 0 Å². The van der Waals surface area contributed by atoms with Crippen molar-refractivity contribution in [3.8, 4) is 0 Å².